The standard InChI is InChI=1S/C22H21F3N4O4/c1-31-13-18(14-8-10-16(11-9-14)33-22(23,24)25)27-20(30)17-12-19(32-2)29-21(28-17)26-15-6-4-3-5-7-15/h3-12,18H,13H2,1-2H3,(H,27,30)(H,26,28,29). The van der Waals surface area contributed by atoms with Crippen molar-refractivity contribution in [3.05, 3.63) is 71.9 Å². The summed E-state index contributed by atoms with van der Waals surface area (Å²) in [5.74, 6) is -0.594. The topological polar surface area (TPSA) is 94.6 Å². The van der Waals surface area contributed by atoms with E-state index in [1.165, 1.54) is 32.4 Å². The van der Waals surface area contributed by atoms with Crippen LogP contribution in [-0.4, -0.2) is 43.1 Å². The first-order valence-corrected chi connectivity index (χ1v) is 9.68. The van der Waals surface area contributed by atoms with Gasteiger partial charge in [0.25, 0.3) is 5.91 Å². The predicted octanol–water partition coefficient (Wildman–Crippen LogP) is 4.24. The molecule has 3 aromatic rings. The first kappa shape index (κ1) is 23.8. The Labute approximate surface area is 187 Å². The molecule has 0 aliphatic heterocycles. The van der Waals surface area contributed by atoms with Gasteiger partial charge >= 0.3 is 6.36 Å². The fraction of sp³-hybridized carbons (Fsp3) is 0.227. The second-order valence-corrected chi connectivity index (χ2v) is 6.71. The van der Waals surface area contributed by atoms with Gasteiger partial charge in [0, 0.05) is 18.9 Å². The average molecular weight is 462 g/mol. The van der Waals surface area contributed by atoms with Crippen molar-refractivity contribution in [3.63, 3.8) is 0 Å². The van der Waals surface area contributed by atoms with Crippen LogP contribution in [0, 0.1) is 0 Å². The van der Waals surface area contributed by atoms with E-state index in [-0.39, 0.29) is 29.9 Å². The maximum absolute atomic E-state index is 12.9. The molecule has 0 aliphatic carbocycles. The number of carbonyl (C=O) groups is 1. The minimum atomic E-state index is -4.79. The van der Waals surface area contributed by atoms with Crippen LogP contribution >= 0.6 is 0 Å². The predicted molar refractivity (Wildman–Crippen MR) is 114 cm³/mol. The molecule has 1 aromatic heterocycles. The summed E-state index contributed by atoms with van der Waals surface area (Å²) in [6, 6.07) is 15.0. The monoisotopic (exact) mass is 462 g/mol. The Morgan fingerprint density at radius 3 is 2.33 bits per heavy atom. The number of aromatic nitrogens is 2. The molecule has 0 radical (unpaired) electrons. The van der Waals surface area contributed by atoms with Crippen LogP contribution < -0.4 is 20.1 Å². The van der Waals surface area contributed by atoms with E-state index in [1.54, 1.807) is 0 Å². The summed E-state index contributed by atoms with van der Waals surface area (Å²) < 4.78 is 51.4. The Morgan fingerprint density at radius 1 is 1.03 bits per heavy atom. The number of para-hydroxylation sites is 1. The summed E-state index contributed by atoms with van der Waals surface area (Å²) >= 11 is 0. The first-order valence-electron chi connectivity index (χ1n) is 9.68. The Bertz CT molecular complexity index is 1060. The minimum Gasteiger partial charge on any atom is -0.481 e. The molecule has 0 saturated carbocycles. The summed E-state index contributed by atoms with van der Waals surface area (Å²) in [6.07, 6.45) is -4.79. The van der Waals surface area contributed by atoms with Crippen LogP contribution in [0.1, 0.15) is 22.1 Å². The highest BCUT2D eigenvalue weighted by atomic mass is 19.4. The molecule has 0 fully saturated rings. The van der Waals surface area contributed by atoms with Crippen LogP contribution in [0.3, 0.4) is 0 Å². The second-order valence-electron chi connectivity index (χ2n) is 6.71. The Kier molecular flexibility index (Phi) is 7.67. The van der Waals surface area contributed by atoms with Crippen LogP contribution in [0.4, 0.5) is 24.8 Å². The number of ether oxygens (including phenoxy) is 3. The van der Waals surface area contributed by atoms with E-state index in [4.69, 9.17) is 9.47 Å². The van der Waals surface area contributed by atoms with Crippen LogP contribution in [0.15, 0.2) is 60.7 Å². The van der Waals surface area contributed by atoms with Crippen LogP contribution in [0.5, 0.6) is 11.6 Å². The molecule has 0 aliphatic rings. The molecule has 174 valence electrons. The van der Waals surface area contributed by atoms with Gasteiger partial charge in [-0.2, -0.15) is 4.98 Å². The lowest BCUT2D eigenvalue weighted by atomic mass is 10.1. The van der Waals surface area contributed by atoms with Crippen LogP contribution in [0.25, 0.3) is 0 Å². The van der Waals surface area contributed by atoms with Crippen molar-refractivity contribution in [3.8, 4) is 11.6 Å². The van der Waals surface area contributed by atoms with Gasteiger partial charge in [-0.3, -0.25) is 4.79 Å². The summed E-state index contributed by atoms with van der Waals surface area (Å²) in [4.78, 5) is 21.3. The largest absolute Gasteiger partial charge is 0.573 e. The summed E-state index contributed by atoms with van der Waals surface area (Å²) in [5, 5.41) is 5.76. The molecule has 1 atom stereocenters. The van der Waals surface area contributed by atoms with E-state index in [2.05, 4.69) is 25.3 Å². The number of hydrogen-bond donors (Lipinski definition) is 2. The number of anilines is 2. The third kappa shape index (κ3) is 7.07. The lowest BCUT2D eigenvalue weighted by Gasteiger charge is -2.19. The van der Waals surface area contributed by atoms with Crippen molar-refractivity contribution < 1.29 is 32.2 Å². The zero-order valence-electron chi connectivity index (χ0n) is 17.7. The molecule has 33 heavy (non-hydrogen) atoms. The third-order valence-electron chi connectivity index (χ3n) is 4.33. The van der Waals surface area contributed by atoms with E-state index in [9.17, 15) is 18.0 Å². The van der Waals surface area contributed by atoms with Crippen LogP contribution in [0.2, 0.25) is 0 Å². The molecular formula is C22H21F3N4O4. The Balaban J connectivity index is 1.79. The maximum Gasteiger partial charge on any atom is 0.573 e. The van der Waals surface area contributed by atoms with Gasteiger partial charge in [-0.05, 0) is 29.8 Å². The van der Waals surface area contributed by atoms with Crippen molar-refractivity contribution in [1.82, 2.24) is 15.3 Å². The van der Waals surface area contributed by atoms with E-state index in [1.807, 2.05) is 30.3 Å². The summed E-state index contributed by atoms with van der Waals surface area (Å²) in [6.45, 7) is 0.0720. The molecule has 1 unspecified atom stereocenters. The third-order valence-corrected chi connectivity index (χ3v) is 4.33. The van der Waals surface area contributed by atoms with Gasteiger partial charge in [0.2, 0.25) is 11.8 Å². The summed E-state index contributed by atoms with van der Waals surface area (Å²) in [7, 11) is 2.85. The maximum atomic E-state index is 12.9. The highest BCUT2D eigenvalue weighted by Crippen LogP contribution is 2.25. The quantitative estimate of drug-likeness (QED) is 0.491. The van der Waals surface area contributed by atoms with Gasteiger partial charge in [0.15, 0.2) is 0 Å². The zero-order chi connectivity index (χ0) is 23.8. The highest BCUT2D eigenvalue weighted by molar-refractivity contribution is 5.93. The highest BCUT2D eigenvalue weighted by Gasteiger charge is 2.31. The van der Waals surface area contributed by atoms with Crippen molar-refractivity contribution in [2.45, 2.75) is 12.4 Å². The molecule has 2 aromatic carbocycles. The molecule has 1 heterocycles. The lowest BCUT2D eigenvalue weighted by molar-refractivity contribution is -0.274. The van der Waals surface area contributed by atoms with Gasteiger partial charge in [0.1, 0.15) is 11.4 Å². The number of halogens is 3. The number of rotatable bonds is 9. The average Bonchev–Trinajstić information content (AvgIpc) is 2.78. The molecule has 0 bridgehead atoms. The van der Waals surface area contributed by atoms with Crippen molar-refractivity contribution in [2.75, 3.05) is 26.1 Å². The number of hydrogen-bond acceptors (Lipinski definition) is 7. The smallest absolute Gasteiger partial charge is 0.481 e. The van der Waals surface area contributed by atoms with Gasteiger partial charge in [-0.1, -0.05) is 30.3 Å². The minimum absolute atomic E-state index is 0.0263. The fourth-order valence-corrected chi connectivity index (χ4v) is 2.87. The number of amides is 1. The Hall–Kier alpha value is -3.86. The molecule has 11 heteroatoms. The van der Waals surface area contributed by atoms with Gasteiger partial charge < -0.3 is 24.8 Å². The normalized spacial score (nSPS) is 12.0. The molecule has 3 rings (SSSR count). The fourth-order valence-electron chi connectivity index (χ4n) is 2.87. The van der Waals surface area contributed by atoms with Crippen molar-refractivity contribution >= 4 is 17.5 Å². The van der Waals surface area contributed by atoms with Crippen LogP contribution in [-0.2, 0) is 4.74 Å². The first-order chi connectivity index (χ1) is 15.8. The van der Waals surface area contributed by atoms with E-state index in [0.29, 0.717) is 5.56 Å². The number of alkyl halides is 3. The zero-order valence-corrected chi connectivity index (χ0v) is 17.7. The van der Waals surface area contributed by atoms with E-state index in [0.717, 1.165) is 17.8 Å². The number of methoxy groups -OCH3 is 2. The van der Waals surface area contributed by atoms with E-state index < -0.39 is 18.3 Å². The SMILES string of the molecule is COCC(NC(=O)c1cc(OC)nc(Nc2ccccc2)n1)c1ccc(OC(F)(F)F)cc1. The number of nitrogens with one attached hydrogen (secondary N) is 2. The number of nitrogens with zero attached hydrogens (tertiary/aromatic N) is 2. The van der Waals surface area contributed by atoms with Gasteiger partial charge in [-0.15, -0.1) is 13.2 Å². The van der Waals surface area contributed by atoms with Gasteiger partial charge in [-0.25, -0.2) is 4.98 Å². The molecule has 8 nitrogen and oxygen atoms in total. The number of carbonyl (C=O) groups excluding carboxylic acids is 1. The lowest BCUT2D eigenvalue weighted by Crippen LogP contribution is -2.32. The second kappa shape index (κ2) is 10.6. The van der Waals surface area contributed by atoms with Crippen molar-refractivity contribution in [2.24, 2.45) is 0 Å². The molecule has 2 N–H and O–H groups in total. The molecule has 0 spiro atoms. The molecule has 1 amide bonds. The Morgan fingerprint density at radius 2 is 1.73 bits per heavy atom. The summed E-state index contributed by atoms with van der Waals surface area (Å²) in [5.41, 5.74) is 1.26. The van der Waals surface area contributed by atoms with E-state index >= 15 is 0 Å². The molecule has 0 saturated heterocycles. The molecular weight excluding hydrogens is 441 g/mol. The van der Waals surface area contributed by atoms with Crippen molar-refractivity contribution in [1.29, 1.82) is 0 Å². The van der Waals surface area contributed by atoms with Gasteiger partial charge in [0.05, 0.1) is 19.8 Å². The number of benzene rings is 2.